The van der Waals surface area contributed by atoms with E-state index in [1.54, 1.807) is 0 Å². The number of halogens is 4. The van der Waals surface area contributed by atoms with E-state index in [-0.39, 0.29) is 24.5 Å². The largest absolute Gasteiger partial charge is 0.574 e. The van der Waals surface area contributed by atoms with E-state index < -0.39 is 17.9 Å². The van der Waals surface area contributed by atoms with Gasteiger partial charge in [0.2, 0.25) is 5.88 Å². The Morgan fingerprint density at radius 1 is 1.08 bits per heavy atom. The maximum Gasteiger partial charge on any atom is 0.574 e. The molecule has 0 atom stereocenters. The van der Waals surface area contributed by atoms with Crippen LogP contribution in [0.25, 0.3) is 0 Å². The molecule has 1 aromatic heterocycles. The zero-order valence-electron chi connectivity index (χ0n) is 12.6. The van der Waals surface area contributed by atoms with Crippen LogP contribution in [0.15, 0.2) is 48.7 Å². The van der Waals surface area contributed by atoms with Crippen LogP contribution in [0, 0.1) is 0 Å². The Balaban J connectivity index is 1.63. The van der Waals surface area contributed by atoms with Gasteiger partial charge in [-0.3, -0.25) is 0 Å². The first kappa shape index (κ1) is 16.7. The molecule has 1 saturated carbocycles. The molecule has 0 unspecified atom stereocenters. The third-order valence-electron chi connectivity index (χ3n) is 3.90. The quantitative estimate of drug-likeness (QED) is 0.749. The molecule has 3 nitrogen and oxygen atoms in total. The van der Waals surface area contributed by atoms with Crippen LogP contribution in [0.2, 0.25) is 0 Å². The highest BCUT2D eigenvalue weighted by molar-refractivity contribution is 5.34. The number of pyridine rings is 1. The average Bonchev–Trinajstić information content (AvgIpc) is 2.50. The normalized spacial score (nSPS) is 23.6. The molecule has 0 spiro atoms. The first-order valence-electron chi connectivity index (χ1n) is 7.41. The van der Waals surface area contributed by atoms with Gasteiger partial charge in [0.15, 0.2) is 0 Å². The van der Waals surface area contributed by atoms with Gasteiger partial charge >= 0.3 is 6.36 Å². The number of benzene rings is 1. The molecule has 0 N–H and O–H groups in total. The van der Waals surface area contributed by atoms with Gasteiger partial charge in [0.1, 0.15) is 5.67 Å². The topological polar surface area (TPSA) is 31.4 Å². The molecule has 1 aliphatic carbocycles. The first-order valence-corrected chi connectivity index (χ1v) is 7.41. The molecule has 0 aliphatic heterocycles. The third kappa shape index (κ3) is 3.84. The van der Waals surface area contributed by atoms with E-state index in [1.807, 2.05) is 30.3 Å². The van der Waals surface area contributed by atoms with Gasteiger partial charge in [0, 0.05) is 19.0 Å². The van der Waals surface area contributed by atoms with Gasteiger partial charge in [0.25, 0.3) is 0 Å². The fourth-order valence-electron chi connectivity index (χ4n) is 2.71. The number of ether oxygens (including phenoxy) is 2. The molecule has 1 aliphatic rings. The van der Waals surface area contributed by atoms with Gasteiger partial charge in [-0.15, -0.1) is 13.2 Å². The molecule has 24 heavy (non-hydrogen) atoms. The minimum absolute atomic E-state index is 0.0280. The van der Waals surface area contributed by atoms with E-state index in [0.717, 1.165) is 11.8 Å². The van der Waals surface area contributed by atoms with Crippen LogP contribution in [-0.4, -0.2) is 17.5 Å². The predicted molar refractivity (Wildman–Crippen MR) is 78.0 cm³/mol. The lowest BCUT2D eigenvalue weighted by Gasteiger charge is -2.41. The molecule has 0 radical (unpaired) electrons. The van der Waals surface area contributed by atoms with Crippen molar-refractivity contribution >= 4 is 0 Å². The van der Waals surface area contributed by atoms with Crippen LogP contribution in [0.5, 0.6) is 5.88 Å². The van der Waals surface area contributed by atoms with Gasteiger partial charge in [-0.2, -0.15) is 0 Å². The number of rotatable bonds is 5. The highest BCUT2D eigenvalue weighted by atomic mass is 19.4. The summed E-state index contributed by atoms with van der Waals surface area (Å²) in [5.41, 5.74) is -1.16. The summed E-state index contributed by atoms with van der Waals surface area (Å²) in [5.74, 6) is -0.742. The summed E-state index contributed by atoms with van der Waals surface area (Å²) in [6, 6.07) is 12.0. The van der Waals surface area contributed by atoms with E-state index in [1.165, 1.54) is 12.1 Å². The monoisotopic (exact) mass is 341 g/mol. The molecule has 0 bridgehead atoms. The zero-order chi connectivity index (χ0) is 17.2. The minimum Gasteiger partial charge on any atom is -0.387 e. The molecular weight excluding hydrogens is 326 g/mol. The number of alkyl halides is 4. The molecule has 0 amide bonds. The number of hydrogen-bond acceptors (Lipinski definition) is 3. The summed E-state index contributed by atoms with van der Waals surface area (Å²) in [7, 11) is 0. The molecule has 1 fully saturated rings. The van der Waals surface area contributed by atoms with Gasteiger partial charge in [-0.05, 0) is 17.7 Å². The average molecular weight is 341 g/mol. The van der Waals surface area contributed by atoms with Crippen LogP contribution in [0.1, 0.15) is 24.0 Å². The van der Waals surface area contributed by atoms with Crippen molar-refractivity contribution in [2.75, 3.05) is 0 Å². The highest BCUT2D eigenvalue weighted by Gasteiger charge is 2.50. The lowest BCUT2D eigenvalue weighted by atomic mass is 9.74. The first-order chi connectivity index (χ1) is 11.4. The van der Waals surface area contributed by atoms with E-state index in [2.05, 4.69) is 9.72 Å². The van der Waals surface area contributed by atoms with Gasteiger partial charge in [0.05, 0.1) is 18.3 Å². The standard InChI is InChI=1S/C17H15F4NO2/c18-16(14-7-4-8-22-15(14)24-17(19,20)21)9-13(10-16)23-11-12-5-2-1-3-6-12/h1-8,13H,9-11H2. The van der Waals surface area contributed by atoms with Crippen molar-refractivity contribution in [1.29, 1.82) is 0 Å². The van der Waals surface area contributed by atoms with Gasteiger partial charge < -0.3 is 9.47 Å². The molecule has 7 heteroatoms. The summed E-state index contributed by atoms with van der Waals surface area (Å²) < 4.78 is 61.5. The summed E-state index contributed by atoms with van der Waals surface area (Å²) in [5, 5.41) is 0. The van der Waals surface area contributed by atoms with Crippen molar-refractivity contribution in [2.24, 2.45) is 0 Å². The van der Waals surface area contributed by atoms with Crippen LogP contribution in [-0.2, 0) is 17.0 Å². The van der Waals surface area contributed by atoms with E-state index >= 15 is 0 Å². The molecule has 1 heterocycles. The fraction of sp³-hybridized carbons (Fsp3) is 0.353. The molecule has 0 saturated heterocycles. The Morgan fingerprint density at radius 2 is 1.79 bits per heavy atom. The second kappa shape index (κ2) is 6.39. The maximum absolute atomic E-state index is 14.9. The van der Waals surface area contributed by atoms with E-state index in [0.29, 0.717) is 6.61 Å². The Bertz CT molecular complexity index is 684. The van der Waals surface area contributed by atoms with Crippen molar-refractivity contribution in [2.45, 2.75) is 37.6 Å². The third-order valence-corrected chi connectivity index (χ3v) is 3.90. The van der Waals surface area contributed by atoms with Crippen molar-refractivity contribution in [1.82, 2.24) is 4.98 Å². The van der Waals surface area contributed by atoms with Crippen LogP contribution < -0.4 is 4.74 Å². The zero-order valence-corrected chi connectivity index (χ0v) is 12.6. The van der Waals surface area contributed by atoms with Crippen LogP contribution >= 0.6 is 0 Å². The summed E-state index contributed by atoms with van der Waals surface area (Å²) >= 11 is 0. The highest BCUT2D eigenvalue weighted by Crippen LogP contribution is 2.49. The summed E-state index contributed by atoms with van der Waals surface area (Å²) in [4.78, 5) is 3.51. The van der Waals surface area contributed by atoms with Crippen molar-refractivity contribution in [3.63, 3.8) is 0 Å². The van der Waals surface area contributed by atoms with Crippen LogP contribution in [0.4, 0.5) is 17.6 Å². The van der Waals surface area contributed by atoms with E-state index in [4.69, 9.17) is 4.74 Å². The minimum atomic E-state index is -4.91. The maximum atomic E-state index is 14.9. The smallest absolute Gasteiger partial charge is 0.387 e. The molecular formula is C17H15F4NO2. The summed E-state index contributed by atoms with van der Waals surface area (Å²) in [6.07, 6.45) is -4.18. The number of hydrogen-bond donors (Lipinski definition) is 0. The van der Waals surface area contributed by atoms with E-state index in [9.17, 15) is 17.6 Å². The molecule has 3 rings (SSSR count). The Kier molecular flexibility index (Phi) is 4.45. The SMILES string of the molecule is FC(F)(F)Oc1ncccc1C1(F)CC(OCc2ccccc2)C1. The Hall–Kier alpha value is -2.15. The molecule has 1 aromatic carbocycles. The Labute approximate surface area is 136 Å². The predicted octanol–water partition coefficient (Wildman–Crippen LogP) is 4.52. The molecule has 128 valence electrons. The van der Waals surface area contributed by atoms with Crippen molar-refractivity contribution in [3.05, 3.63) is 59.8 Å². The second-order valence-electron chi connectivity index (χ2n) is 5.70. The van der Waals surface area contributed by atoms with Gasteiger partial charge in [-0.25, -0.2) is 9.37 Å². The lowest BCUT2D eigenvalue weighted by molar-refractivity contribution is -0.277. The van der Waals surface area contributed by atoms with Gasteiger partial charge in [-0.1, -0.05) is 30.3 Å². The van der Waals surface area contributed by atoms with Crippen LogP contribution in [0.3, 0.4) is 0 Å². The number of aromatic nitrogens is 1. The summed E-state index contributed by atoms with van der Waals surface area (Å²) in [6.45, 7) is 0.334. The lowest BCUT2D eigenvalue weighted by Crippen LogP contribution is -2.43. The second-order valence-corrected chi connectivity index (χ2v) is 5.70. The fourth-order valence-corrected chi connectivity index (χ4v) is 2.71. The van der Waals surface area contributed by atoms with Crippen molar-refractivity contribution < 1.29 is 27.0 Å². The molecule has 2 aromatic rings. The Morgan fingerprint density at radius 3 is 2.46 bits per heavy atom. The van der Waals surface area contributed by atoms with Crippen molar-refractivity contribution in [3.8, 4) is 5.88 Å². The number of nitrogens with zero attached hydrogens (tertiary/aromatic N) is 1.